The van der Waals surface area contributed by atoms with Crippen molar-refractivity contribution >= 4 is 5.97 Å². The second-order valence-corrected chi connectivity index (χ2v) is 3.53. The molecule has 0 aliphatic rings. The summed E-state index contributed by atoms with van der Waals surface area (Å²) < 4.78 is 1.80. The quantitative estimate of drug-likeness (QED) is 0.766. The van der Waals surface area contributed by atoms with Gasteiger partial charge in [0.2, 0.25) is 0 Å². The zero-order valence-corrected chi connectivity index (χ0v) is 9.32. The van der Waals surface area contributed by atoms with Gasteiger partial charge in [-0.25, -0.2) is 0 Å². The molecule has 1 atom stereocenters. The molecule has 5 nitrogen and oxygen atoms in total. The lowest BCUT2D eigenvalue weighted by molar-refractivity contribution is -0.138. The van der Waals surface area contributed by atoms with Crippen molar-refractivity contribution in [2.75, 3.05) is 6.54 Å². The molecule has 1 unspecified atom stereocenters. The van der Waals surface area contributed by atoms with Crippen molar-refractivity contribution in [3.63, 3.8) is 0 Å². The van der Waals surface area contributed by atoms with Gasteiger partial charge < -0.3 is 10.8 Å². The molecule has 0 saturated carbocycles. The summed E-state index contributed by atoms with van der Waals surface area (Å²) in [7, 11) is 0. The molecular formula is C10H17N3O2. The van der Waals surface area contributed by atoms with Crippen molar-refractivity contribution < 1.29 is 9.90 Å². The molecule has 0 saturated heterocycles. The van der Waals surface area contributed by atoms with Crippen LogP contribution in [0.4, 0.5) is 0 Å². The highest BCUT2D eigenvalue weighted by atomic mass is 16.4. The third-order valence-electron chi connectivity index (χ3n) is 2.62. The molecule has 0 fully saturated rings. The molecule has 3 N–H and O–H groups in total. The minimum Gasteiger partial charge on any atom is -0.481 e. The second kappa shape index (κ2) is 4.44. The van der Waals surface area contributed by atoms with Gasteiger partial charge in [0.1, 0.15) is 0 Å². The van der Waals surface area contributed by atoms with E-state index >= 15 is 0 Å². The van der Waals surface area contributed by atoms with Crippen molar-refractivity contribution in [1.82, 2.24) is 9.78 Å². The molecule has 0 radical (unpaired) electrons. The van der Waals surface area contributed by atoms with E-state index in [9.17, 15) is 4.79 Å². The summed E-state index contributed by atoms with van der Waals surface area (Å²) in [5.74, 6) is -1.54. The van der Waals surface area contributed by atoms with E-state index in [0.29, 0.717) is 0 Å². The number of hydrogen-bond donors (Lipinski definition) is 2. The fourth-order valence-corrected chi connectivity index (χ4v) is 1.87. The maximum absolute atomic E-state index is 11.0. The SMILES string of the molecule is CCn1nc(C)c(C(CN)C(=O)O)c1C. The maximum Gasteiger partial charge on any atom is 0.312 e. The van der Waals surface area contributed by atoms with Gasteiger partial charge in [0.05, 0.1) is 11.6 Å². The number of aryl methyl sites for hydroxylation is 2. The largest absolute Gasteiger partial charge is 0.481 e. The maximum atomic E-state index is 11.0. The number of hydrogen-bond acceptors (Lipinski definition) is 3. The van der Waals surface area contributed by atoms with Crippen LogP contribution in [0.25, 0.3) is 0 Å². The van der Waals surface area contributed by atoms with E-state index in [4.69, 9.17) is 10.8 Å². The summed E-state index contributed by atoms with van der Waals surface area (Å²) in [6.07, 6.45) is 0. The molecule has 1 rings (SSSR count). The first-order valence-electron chi connectivity index (χ1n) is 4.99. The Labute approximate surface area is 88.9 Å². The lowest BCUT2D eigenvalue weighted by Crippen LogP contribution is -2.22. The third-order valence-corrected chi connectivity index (χ3v) is 2.62. The number of aliphatic carboxylic acids is 1. The minimum absolute atomic E-state index is 0.104. The molecule has 15 heavy (non-hydrogen) atoms. The number of carboxylic acids is 1. The third kappa shape index (κ3) is 2.02. The molecular weight excluding hydrogens is 194 g/mol. The Morgan fingerprint density at radius 2 is 2.20 bits per heavy atom. The monoisotopic (exact) mass is 211 g/mol. The van der Waals surface area contributed by atoms with Crippen LogP contribution in [0.3, 0.4) is 0 Å². The zero-order valence-electron chi connectivity index (χ0n) is 9.32. The van der Waals surface area contributed by atoms with E-state index < -0.39 is 11.9 Å². The van der Waals surface area contributed by atoms with Gasteiger partial charge in [0.25, 0.3) is 0 Å². The predicted molar refractivity (Wildman–Crippen MR) is 56.8 cm³/mol. The van der Waals surface area contributed by atoms with Crippen molar-refractivity contribution in [3.05, 3.63) is 17.0 Å². The Balaban J connectivity index is 3.22. The van der Waals surface area contributed by atoms with Crippen molar-refractivity contribution in [3.8, 4) is 0 Å². The van der Waals surface area contributed by atoms with Crippen LogP contribution in [0.2, 0.25) is 0 Å². The molecule has 0 aromatic carbocycles. The van der Waals surface area contributed by atoms with Gasteiger partial charge in [-0.15, -0.1) is 0 Å². The van der Waals surface area contributed by atoms with Crippen LogP contribution in [-0.2, 0) is 11.3 Å². The van der Waals surface area contributed by atoms with Gasteiger partial charge in [-0.1, -0.05) is 0 Å². The van der Waals surface area contributed by atoms with Crippen LogP contribution in [0, 0.1) is 13.8 Å². The van der Waals surface area contributed by atoms with Gasteiger partial charge in [0, 0.05) is 24.3 Å². The molecule has 1 heterocycles. The topological polar surface area (TPSA) is 81.1 Å². The van der Waals surface area contributed by atoms with Gasteiger partial charge in [-0.2, -0.15) is 5.10 Å². The molecule has 5 heteroatoms. The number of carboxylic acid groups (broad SMARTS) is 1. The van der Waals surface area contributed by atoms with Crippen molar-refractivity contribution in [2.45, 2.75) is 33.2 Å². The summed E-state index contributed by atoms with van der Waals surface area (Å²) in [4.78, 5) is 11.0. The van der Waals surface area contributed by atoms with Crippen LogP contribution in [0.5, 0.6) is 0 Å². The molecule has 0 spiro atoms. The smallest absolute Gasteiger partial charge is 0.312 e. The first-order chi connectivity index (χ1) is 7.02. The van der Waals surface area contributed by atoms with E-state index in [0.717, 1.165) is 23.5 Å². The number of nitrogens with two attached hydrogens (primary N) is 1. The number of rotatable bonds is 4. The Morgan fingerprint density at radius 1 is 1.60 bits per heavy atom. The molecule has 0 aliphatic carbocycles. The van der Waals surface area contributed by atoms with E-state index in [1.54, 1.807) is 4.68 Å². The highest BCUT2D eigenvalue weighted by Gasteiger charge is 2.25. The fourth-order valence-electron chi connectivity index (χ4n) is 1.87. The summed E-state index contributed by atoms with van der Waals surface area (Å²) in [6.45, 7) is 6.52. The van der Waals surface area contributed by atoms with Gasteiger partial charge in [-0.3, -0.25) is 9.48 Å². The lowest BCUT2D eigenvalue weighted by Gasteiger charge is -2.10. The first-order valence-corrected chi connectivity index (χ1v) is 4.99. The van der Waals surface area contributed by atoms with Crippen LogP contribution in [0.1, 0.15) is 29.8 Å². The average molecular weight is 211 g/mol. The van der Waals surface area contributed by atoms with Crippen LogP contribution >= 0.6 is 0 Å². The standard InChI is InChI=1S/C10H17N3O2/c1-4-13-7(3)9(6(2)12-13)8(5-11)10(14)15/h8H,4-5,11H2,1-3H3,(H,14,15). The van der Waals surface area contributed by atoms with Crippen LogP contribution < -0.4 is 5.73 Å². The zero-order chi connectivity index (χ0) is 11.6. The molecule has 0 bridgehead atoms. The summed E-state index contributed by atoms with van der Waals surface area (Å²) in [6, 6.07) is 0. The Morgan fingerprint density at radius 3 is 2.53 bits per heavy atom. The van der Waals surface area contributed by atoms with E-state index in [2.05, 4.69) is 5.10 Å². The highest BCUT2D eigenvalue weighted by Crippen LogP contribution is 2.23. The van der Waals surface area contributed by atoms with Gasteiger partial charge >= 0.3 is 5.97 Å². The molecule has 84 valence electrons. The van der Waals surface area contributed by atoms with E-state index in [-0.39, 0.29) is 6.54 Å². The number of aromatic nitrogens is 2. The molecule has 0 aliphatic heterocycles. The summed E-state index contributed by atoms with van der Waals surface area (Å²) in [5, 5.41) is 13.3. The predicted octanol–water partition coefficient (Wildman–Crippen LogP) is 0.647. The fraction of sp³-hybridized carbons (Fsp3) is 0.600. The Bertz CT molecular complexity index is 371. The summed E-state index contributed by atoms with van der Waals surface area (Å²) in [5.41, 5.74) is 7.89. The molecule has 0 amide bonds. The summed E-state index contributed by atoms with van der Waals surface area (Å²) >= 11 is 0. The lowest BCUT2D eigenvalue weighted by atomic mass is 9.97. The number of carbonyl (C=O) groups is 1. The Hall–Kier alpha value is -1.36. The van der Waals surface area contributed by atoms with E-state index in [1.807, 2.05) is 20.8 Å². The molecule has 1 aromatic rings. The first kappa shape index (κ1) is 11.7. The average Bonchev–Trinajstić information content (AvgIpc) is 2.45. The highest BCUT2D eigenvalue weighted by molar-refractivity contribution is 5.77. The van der Waals surface area contributed by atoms with E-state index in [1.165, 1.54) is 0 Å². The molecule has 1 aromatic heterocycles. The van der Waals surface area contributed by atoms with Gasteiger partial charge in [0.15, 0.2) is 0 Å². The Kier molecular flexibility index (Phi) is 3.47. The van der Waals surface area contributed by atoms with Gasteiger partial charge in [-0.05, 0) is 20.8 Å². The van der Waals surface area contributed by atoms with Crippen molar-refractivity contribution in [2.24, 2.45) is 5.73 Å². The van der Waals surface area contributed by atoms with Crippen LogP contribution in [0.15, 0.2) is 0 Å². The van der Waals surface area contributed by atoms with Crippen molar-refractivity contribution in [1.29, 1.82) is 0 Å². The normalized spacial score (nSPS) is 12.8. The number of nitrogens with zero attached hydrogens (tertiary/aromatic N) is 2. The second-order valence-electron chi connectivity index (χ2n) is 3.53. The van der Waals surface area contributed by atoms with Crippen LogP contribution in [-0.4, -0.2) is 27.4 Å². The minimum atomic E-state index is -0.889.